The molecule has 3 N–H and O–H groups in total. The molecule has 0 spiro atoms. The summed E-state index contributed by atoms with van der Waals surface area (Å²) in [6, 6.07) is 13.4. The number of ether oxygens (including phenoxy) is 1. The first-order valence-electron chi connectivity index (χ1n) is 13.2. The largest absolute Gasteiger partial charge is 0.444 e. The van der Waals surface area contributed by atoms with Crippen LogP contribution in [0.5, 0.6) is 0 Å². The Morgan fingerprint density at radius 3 is 2.05 bits per heavy atom. The highest BCUT2D eigenvalue weighted by Crippen LogP contribution is 2.12. The maximum absolute atomic E-state index is 13.2. The highest BCUT2D eigenvalue weighted by atomic mass is 19.1. The number of hydrogen-bond acceptors (Lipinski definition) is 5. The van der Waals surface area contributed by atoms with Gasteiger partial charge in [-0.25, -0.2) is 13.6 Å². The number of benzene rings is 2. The van der Waals surface area contributed by atoms with Crippen molar-refractivity contribution < 1.29 is 23.1 Å². The maximum Gasteiger partial charge on any atom is 0.405 e. The molecule has 0 saturated carbocycles. The number of primary amides is 1. The minimum atomic E-state index is -0.725. The second-order valence-corrected chi connectivity index (χ2v) is 9.75. The molecule has 0 aliphatic heterocycles. The summed E-state index contributed by atoms with van der Waals surface area (Å²) in [5.74, 6) is 0.302. The summed E-state index contributed by atoms with van der Waals surface area (Å²) in [6.45, 7) is 16.4. The molecule has 0 bridgehead atoms. The molecular formula is C30H49F2N3O3. The number of rotatable bonds is 10. The lowest BCUT2D eigenvalue weighted by molar-refractivity contribution is -0.107. The Morgan fingerprint density at radius 1 is 1.05 bits per heavy atom. The molecule has 6 nitrogen and oxygen atoms in total. The molecule has 0 radical (unpaired) electrons. The Morgan fingerprint density at radius 2 is 1.61 bits per heavy atom. The molecule has 1 amide bonds. The van der Waals surface area contributed by atoms with Gasteiger partial charge < -0.3 is 25.5 Å². The quantitative estimate of drug-likeness (QED) is 0.250. The third-order valence-electron chi connectivity index (χ3n) is 4.49. The van der Waals surface area contributed by atoms with Gasteiger partial charge in [0.1, 0.15) is 23.5 Å². The highest BCUT2D eigenvalue weighted by Gasteiger charge is 2.12. The lowest BCUT2D eigenvalue weighted by atomic mass is 10.1. The zero-order chi connectivity index (χ0) is 29.6. The summed E-state index contributed by atoms with van der Waals surface area (Å²) in [5.41, 5.74) is 5.54. The third-order valence-corrected chi connectivity index (χ3v) is 4.49. The van der Waals surface area contributed by atoms with Crippen LogP contribution in [-0.4, -0.2) is 49.6 Å². The average Bonchev–Trinajstić information content (AvgIpc) is 2.82. The molecule has 8 heteroatoms. The molecule has 38 heavy (non-hydrogen) atoms. The second kappa shape index (κ2) is 22.0. The van der Waals surface area contributed by atoms with Gasteiger partial charge in [0.15, 0.2) is 0 Å². The van der Waals surface area contributed by atoms with Crippen molar-refractivity contribution in [3.63, 3.8) is 0 Å². The number of nitrogens with zero attached hydrogens (tertiary/aromatic N) is 1. The van der Waals surface area contributed by atoms with Crippen molar-refractivity contribution in [1.29, 1.82) is 0 Å². The number of para-hydroxylation sites is 1. The van der Waals surface area contributed by atoms with Gasteiger partial charge in [0.2, 0.25) is 0 Å². The molecule has 0 atom stereocenters. The van der Waals surface area contributed by atoms with Crippen molar-refractivity contribution in [1.82, 2.24) is 4.90 Å². The van der Waals surface area contributed by atoms with E-state index in [2.05, 4.69) is 35.8 Å². The zero-order valence-corrected chi connectivity index (χ0v) is 24.5. The van der Waals surface area contributed by atoms with E-state index < -0.39 is 11.7 Å². The topological polar surface area (TPSA) is 84.7 Å². The lowest BCUT2D eigenvalue weighted by Gasteiger charge is -2.19. The van der Waals surface area contributed by atoms with Crippen molar-refractivity contribution in [2.24, 2.45) is 11.7 Å². The molecular weight excluding hydrogens is 488 g/mol. The summed E-state index contributed by atoms with van der Waals surface area (Å²) in [5, 5.41) is 3.10. The molecule has 0 aliphatic rings. The normalized spacial score (nSPS) is 10.2. The van der Waals surface area contributed by atoms with Crippen LogP contribution in [0.1, 0.15) is 66.9 Å². The van der Waals surface area contributed by atoms with Gasteiger partial charge >= 0.3 is 6.09 Å². The maximum atomic E-state index is 13.2. The van der Waals surface area contributed by atoms with E-state index in [0.717, 1.165) is 32.3 Å². The number of aldehydes is 1. The van der Waals surface area contributed by atoms with Crippen LogP contribution in [0.4, 0.5) is 19.3 Å². The van der Waals surface area contributed by atoms with E-state index in [1.807, 2.05) is 19.9 Å². The SMILES string of the molecule is CC.CC(C)(C)OC(N)=O.CC(C)CN(C)CCNc1ccccc1F.O=CCCCc1ccccc1F. The molecule has 216 valence electrons. The van der Waals surface area contributed by atoms with Gasteiger partial charge in [0, 0.05) is 26.1 Å². The van der Waals surface area contributed by atoms with E-state index in [1.54, 1.807) is 51.1 Å². The first-order valence-corrected chi connectivity index (χ1v) is 13.2. The number of nitrogens with two attached hydrogens (primary N) is 1. The molecule has 0 aromatic heterocycles. The second-order valence-electron chi connectivity index (χ2n) is 9.75. The van der Waals surface area contributed by atoms with Crippen LogP contribution < -0.4 is 11.1 Å². The molecule has 0 aliphatic carbocycles. The number of unbranched alkanes of at least 4 members (excludes halogenated alkanes) is 1. The Bertz CT molecular complexity index is 887. The fraction of sp³-hybridized carbons (Fsp3) is 0.533. The number of hydrogen-bond donors (Lipinski definition) is 2. The van der Waals surface area contributed by atoms with Gasteiger partial charge in [-0.15, -0.1) is 0 Å². The summed E-state index contributed by atoms with van der Waals surface area (Å²) in [6.07, 6.45) is 2.02. The fourth-order valence-corrected chi connectivity index (χ4v) is 3.08. The molecule has 0 saturated heterocycles. The van der Waals surface area contributed by atoms with Crippen LogP contribution in [0.15, 0.2) is 48.5 Å². The van der Waals surface area contributed by atoms with Crippen LogP contribution in [0, 0.1) is 17.6 Å². The van der Waals surface area contributed by atoms with Gasteiger partial charge in [-0.05, 0) is 70.3 Å². The van der Waals surface area contributed by atoms with E-state index in [1.165, 1.54) is 12.1 Å². The van der Waals surface area contributed by atoms with E-state index in [9.17, 15) is 18.4 Å². The van der Waals surface area contributed by atoms with Gasteiger partial charge in [-0.3, -0.25) is 0 Å². The molecule has 0 heterocycles. The van der Waals surface area contributed by atoms with Gasteiger partial charge in [-0.1, -0.05) is 58.0 Å². The summed E-state index contributed by atoms with van der Waals surface area (Å²) in [7, 11) is 2.09. The highest BCUT2D eigenvalue weighted by molar-refractivity contribution is 5.65. The van der Waals surface area contributed by atoms with Crippen LogP contribution in [0.3, 0.4) is 0 Å². The first-order chi connectivity index (χ1) is 17.9. The predicted molar refractivity (Wildman–Crippen MR) is 154 cm³/mol. The standard InChI is InChI=1S/C13H21FN2.C10H11FO.C5H11NO2.C2H6/c1-11(2)10-16(3)9-8-15-13-7-5-4-6-12(13)14;11-10-7-2-1-5-9(10)6-3-4-8-12;1-5(2,3)8-4(6)7;1-2/h4-7,11,15H,8-10H2,1-3H3;1-2,5,7-8H,3-4,6H2;1-3H3,(H2,6,7);1-2H3. The third kappa shape index (κ3) is 22.2. The monoisotopic (exact) mass is 537 g/mol. The van der Waals surface area contributed by atoms with Crippen molar-refractivity contribution >= 4 is 18.1 Å². The van der Waals surface area contributed by atoms with Gasteiger partial charge in [0.05, 0.1) is 5.69 Å². The van der Waals surface area contributed by atoms with Crippen LogP contribution >= 0.6 is 0 Å². The number of carbonyl (C=O) groups excluding carboxylic acids is 2. The molecule has 0 fully saturated rings. The number of carbonyl (C=O) groups is 2. The number of likely N-dealkylation sites (N-methyl/N-ethyl adjacent to an activating group) is 1. The lowest BCUT2D eigenvalue weighted by Crippen LogP contribution is -2.28. The van der Waals surface area contributed by atoms with Gasteiger partial charge in [0.25, 0.3) is 0 Å². The van der Waals surface area contributed by atoms with Crippen molar-refractivity contribution in [3.05, 3.63) is 65.7 Å². The van der Waals surface area contributed by atoms with E-state index >= 15 is 0 Å². The number of anilines is 1. The van der Waals surface area contributed by atoms with Crippen LogP contribution in [0.25, 0.3) is 0 Å². The molecule has 2 aromatic carbocycles. The van der Waals surface area contributed by atoms with Crippen LogP contribution in [-0.2, 0) is 16.0 Å². The number of nitrogens with one attached hydrogen (secondary N) is 1. The molecule has 0 unspecified atom stereocenters. The minimum Gasteiger partial charge on any atom is -0.444 e. The van der Waals surface area contributed by atoms with Crippen molar-refractivity contribution in [2.45, 2.75) is 73.3 Å². The van der Waals surface area contributed by atoms with Crippen molar-refractivity contribution in [3.8, 4) is 0 Å². The van der Waals surface area contributed by atoms with Crippen LogP contribution in [0.2, 0.25) is 0 Å². The summed E-state index contributed by atoms with van der Waals surface area (Å²) < 4.78 is 30.8. The summed E-state index contributed by atoms with van der Waals surface area (Å²) >= 11 is 0. The smallest absolute Gasteiger partial charge is 0.405 e. The number of amides is 1. The first kappa shape index (κ1) is 37.2. The van der Waals surface area contributed by atoms with E-state index in [4.69, 9.17) is 5.73 Å². The fourth-order valence-electron chi connectivity index (χ4n) is 3.08. The summed E-state index contributed by atoms with van der Waals surface area (Å²) in [4.78, 5) is 22.2. The minimum absolute atomic E-state index is 0.177. The van der Waals surface area contributed by atoms with Gasteiger partial charge in [-0.2, -0.15) is 0 Å². The Kier molecular flexibility index (Phi) is 21.5. The van der Waals surface area contributed by atoms with E-state index in [-0.39, 0.29) is 11.6 Å². The average molecular weight is 538 g/mol. The molecule has 2 aromatic rings. The molecule has 2 rings (SSSR count). The predicted octanol–water partition coefficient (Wildman–Crippen LogP) is 7.08. The van der Waals surface area contributed by atoms with E-state index in [0.29, 0.717) is 30.0 Å². The Hall–Kier alpha value is -3.00. The van der Waals surface area contributed by atoms with Crippen molar-refractivity contribution in [2.75, 3.05) is 32.0 Å². The Labute approximate surface area is 228 Å². The Balaban J connectivity index is 0. The number of aryl methyl sites for hydroxylation is 1. The zero-order valence-electron chi connectivity index (χ0n) is 24.5. The number of halogens is 2.